The second-order valence-electron chi connectivity index (χ2n) is 4.86. The van der Waals surface area contributed by atoms with Crippen LogP contribution in [0.4, 0.5) is 6.01 Å². The van der Waals surface area contributed by atoms with Crippen LogP contribution in [0.15, 0.2) is 28.8 Å². The molecular formula is C14H17N3O. The van der Waals surface area contributed by atoms with Crippen LogP contribution in [0.2, 0.25) is 0 Å². The van der Waals surface area contributed by atoms with Crippen molar-refractivity contribution in [2.75, 3.05) is 5.32 Å². The lowest BCUT2D eigenvalue weighted by molar-refractivity contribution is 0.427. The molecule has 1 aromatic carbocycles. The summed E-state index contributed by atoms with van der Waals surface area (Å²) >= 11 is 0. The van der Waals surface area contributed by atoms with Crippen LogP contribution < -0.4 is 5.32 Å². The minimum atomic E-state index is 0.496. The summed E-state index contributed by atoms with van der Waals surface area (Å²) in [7, 11) is 0. The molecule has 1 heterocycles. The first-order valence-electron chi connectivity index (χ1n) is 6.49. The Morgan fingerprint density at radius 1 is 1.22 bits per heavy atom. The molecule has 1 saturated carbocycles. The highest BCUT2D eigenvalue weighted by Gasteiger charge is 2.18. The number of aryl methyl sites for hydroxylation is 1. The molecule has 1 aliphatic rings. The van der Waals surface area contributed by atoms with Crippen LogP contribution in [0, 0.1) is 6.92 Å². The number of nitrogens with one attached hydrogen (secondary N) is 1. The number of nitrogens with zero attached hydrogens (tertiary/aromatic N) is 2. The third kappa shape index (κ3) is 2.23. The Morgan fingerprint density at radius 3 is 2.78 bits per heavy atom. The minimum Gasteiger partial charge on any atom is -0.335 e. The molecule has 3 rings (SSSR count). The molecule has 2 aromatic rings. The third-order valence-corrected chi connectivity index (χ3v) is 3.49. The first-order chi connectivity index (χ1) is 8.83. The Balaban J connectivity index is 1.79. The van der Waals surface area contributed by atoms with E-state index in [1.165, 1.54) is 25.7 Å². The first-order valence-corrected chi connectivity index (χ1v) is 6.49. The van der Waals surface area contributed by atoms with Gasteiger partial charge in [0, 0.05) is 11.6 Å². The van der Waals surface area contributed by atoms with Gasteiger partial charge < -0.3 is 9.84 Å². The maximum atomic E-state index is 5.26. The molecule has 0 atom stereocenters. The van der Waals surface area contributed by atoms with Crippen molar-refractivity contribution >= 4 is 6.01 Å². The molecular weight excluding hydrogens is 226 g/mol. The lowest BCUT2D eigenvalue weighted by Crippen LogP contribution is -2.14. The van der Waals surface area contributed by atoms with Gasteiger partial charge in [-0.05, 0) is 25.3 Å². The number of hydrogen-bond donors (Lipinski definition) is 1. The fourth-order valence-electron chi connectivity index (χ4n) is 2.46. The third-order valence-electron chi connectivity index (χ3n) is 3.49. The average Bonchev–Trinajstić information content (AvgIpc) is 3.02. The van der Waals surface area contributed by atoms with E-state index in [1.807, 2.05) is 18.2 Å². The van der Waals surface area contributed by atoms with Gasteiger partial charge in [-0.2, -0.15) is 4.98 Å². The summed E-state index contributed by atoms with van der Waals surface area (Å²) in [6, 6.07) is 9.10. The highest BCUT2D eigenvalue weighted by Crippen LogP contribution is 2.24. The summed E-state index contributed by atoms with van der Waals surface area (Å²) in [6.07, 6.45) is 4.97. The Hall–Kier alpha value is -1.84. The number of benzene rings is 1. The van der Waals surface area contributed by atoms with Gasteiger partial charge in [0.15, 0.2) is 0 Å². The second-order valence-corrected chi connectivity index (χ2v) is 4.86. The van der Waals surface area contributed by atoms with Gasteiger partial charge in [0.05, 0.1) is 0 Å². The van der Waals surface area contributed by atoms with Crippen molar-refractivity contribution in [3.05, 3.63) is 29.8 Å². The van der Waals surface area contributed by atoms with Crippen molar-refractivity contribution in [3.63, 3.8) is 0 Å². The summed E-state index contributed by atoms with van der Waals surface area (Å²) in [5.41, 5.74) is 2.19. The molecule has 0 radical (unpaired) electrons. The van der Waals surface area contributed by atoms with E-state index in [4.69, 9.17) is 4.52 Å². The molecule has 94 valence electrons. The zero-order chi connectivity index (χ0) is 12.4. The summed E-state index contributed by atoms with van der Waals surface area (Å²) in [4.78, 5) is 4.42. The highest BCUT2D eigenvalue weighted by atomic mass is 16.5. The van der Waals surface area contributed by atoms with E-state index in [1.54, 1.807) is 0 Å². The predicted octanol–water partition coefficient (Wildman–Crippen LogP) is 3.40. The summed E-state index contributed by atoms with van der Waals surface area (Å²) < 4.78 is 5.26. The monoisotopic (exact) mass is 243 g/mol. The molecule has 0 bridgehead atoms. The Kier molecular flexibility index (Phi) is 3.00. The highest BCUT2D eigenvalue weighted by molar-refractivity contribution is 5.60. The summed E-state index contributed by atoms with van der Waals surface area (Å²) in [5, 5.41) is 7.35. The van der Waals surface area contributed by atoms with Crippen molar-refractivity contribution in [2.24, 2.45) is 0 Å². The lowest BCUT2D eigenvalue weighted by Gasteiger charge is -2.07. The average molecular weight is 243 g/mol. The van der Waals surface area contributed by atoms with Crippen molar-refractivity contribution in [1.29, 1.82) is 0 Å². The molecule has 1 N–H and O–H groups in total. The van der Waals surface area contributed by atoms with Gasteiger partial charge >= 0.3 is 6.01 Å². The number of aromatic nitrogens is 2. The summed E-state index contributed by atoms with van der Waals surface area (Å²) in [5.74, 6) is 0.661. The molecule has 4 nitrogen and oxygen atoms in total. The number of rotatable bonds is 3. The Labute approximate surface area is 106 Å². The maximum absolute atomic E-state index is 5.26. The van der Waals surface area contributed by atoms with Crippen LogP contribution in [0.25, 0.3) is 11.4 Å². The van der Waals surface area contributed by atoms with Crippen molar-refractivity contribution in [2.45, 2.75) is 38.6 Å². The van der Waals surface area contributed by atoms with E-state index in [-0.39, 0.29) is 0 Å². The summed E-state index contributed by atoms with van der Waals surface area (Å²) in [6.45, 7) is 2.05. The molecule has 0 spiro atoms. The zero-order valence-corrected chi connectivity index (χ0v) is 10.5. The lowest BCUT2D eigenvalue weighted by atomic mass is 10.1. The minimum absolute atomic E-state index is 0.496. The van der Waals surface area contributed by atoms with Gasteiger partial charge in [-0.1, -0.05) is 42.3 Å². The SMILES string of the molecule is Cc1ccccc1-c1noc(NC2CCCC2)n1. The maximum Gasteiger partial charge on any atom is 0.322 e. The second kappa shape index (κ2) is 4.80. The fourth-order valence-corrected chi connectivity index (χ4v) is 2.46. The van der Waals surface area contributed by atoms with Gasteiger partial charge in [-0.15, -0.1) is 0 Å². The molecule has 0 amide bonds. The van der Waals surface area contributed by atoms with Crippen LogP contribution in [-0.2, 0) is 0 Å². The van der Waals surface area contributed by atoms with Crippen molar-refractivity contribution in [1.82, 2.24) is 10.1 Å². The van der Waals surface area contributed by atoms with Gasteiger partial charge in [0.1, 0.15) is 0 Å². The molecule has 1 aliphatic carbocycles. The van der Waals surface area contributed by atoms with E-state index in [9.17, 15) is 0 Å². The quantitative estimate of drug-likeness (QED) is 0.897. The number of hydrogen-bond acceptors (Lipinski definition) is 4. The van der Waals surface area contributed by atoms with Crippen LogP contribution in [0.3, 0.4) is 0 Å². The van der Waals surface area contributed by atoms with E-state index >= 15 is 0 Å². The van der Waals surface area contributed by atoms with Crippen LogP contribution in [0.5, 0.6) is 0 Å². The van der Waals surface area contributed by atoms with E-state index < -0.39 is 0 Å². The molecule has 0 unspecified atom stereocenters. The Morgan fingerprint density at radius 2 is 2.00 bits per heavy atom. The number of anilines is 1. The zero-order valence-electron chi connectivity index (χ0n) is 10.5. The normalized spacial score (nSPS) is 16.1. The van der Waals surface area contributed by atoms with Crippen LogP contribution >= 0.6 is 0 Å². The fraction of sp³-hybridized carbons (Fsp3) is 0.429. The van der Waals surface area contributed by atoms with Gasteiger partial charge in [-0.25, -0.2) is 0 Å². The topological polar surface area (TPSA) is 51.0 Å². The molecule has 1 fully saturated rings. The largest absolute Gasteiger partial charge is 0.335 e. The van der Waals surface area contributed by atoms with Crippen molar-refractivity contribution < 1.29 is 4.52 Å². The molecule has 4 heteroatoms. The van der Waals surface area contributed by atoms with Gasteiger partial charge in [0.25, 0.3) is 0 Å². The first kappa shape index (κ1) is 11.3. The Bertz CT molecular complexity index is 529. The molecule has 0 saturated heterocycles. The van der Waals surface area contributed by atoms with Gasteiger partial charge in [0.2, 0.25) is 5.82 Å². The van der Waals surface area contributed by atoms with E-state index in [0.717, 1.165) is 11.1 Å². The molecule has 1 aromatic heterocycles. The standard InChI is InChI=1S/C14H17N3O/c1-10-6-2-5-9-12(10)13-16-14(18-17-13)15-11-7-3-4-8-11/h2,5-6,9,11H,3-4,7-8H2,1H3,(H,15,16,17). The van der Waals surface area contributed by atoms with E-state index in [2.05, 4.69) is 28.4 Å². The van der Waals surface area contributed by atoms with Crippen molar-refractivity contribution in [3.8, 4) is 11.4 Å². The molecule has 0 aliphatic heterocycles. The predicted molar refractivity (Wildman–Crippen MR) is 70.3 cm³/mol. The van der Waals surface area contributed by atoms with E-state index in [0.29, 0.717) is 17.9 Å². The van der Waals surface area contributed by atoms with Gasteiger partial charge in [-0.3, -0.25) is 0 Å². The van der Waals surface area contributed by atoms with Crippen LogP contribution in [0.1, 0.15) is 31.2 Å². The smallest absolute Gasteiger partial charge is 0.322 e. The van der Waals surface area contributed by atoms with Crippen LogP contribution in [-0.4, -0.2) is 16.2 Å². The molecule has 18 heavy (non-hydrogen) atoms.